The molecule has 6 heteroatoms. The van der Waals surface area contributed by atoms with E-state index in [2.05, 4.69) is 33.3 Å². The third kappa shape index (κ3) is 4.35. The predicted octanol–water partition coefficient (Wildman–Crippen LogP) is 4.80. The Balaban J connectivity index is 1.56. The maximum atomic E-state index is 13.5. The van der Waals surface area contributed by atoms with Crippen LogP contribution in [0.4, 0.5) is 0 Å². The molecule has 3 aromatic rings. The van der Waals surface area contributed by atoms with Gasteiger partial charge in [0.15, 0.2) is 0 Å². The molecule has 2 aromatic carbocycles. The standard InChI is InChI=1S/C27H31N3O2S/c1-4-19-17-30-14-12-20(19)15-26(30)27(29-33(31)22-8-5-18(2)6-9-22)23-11-13-28-25-10-7-21(32-3)16-24(23)25/h4-11,13,16,19-20,26-27,29H,1,12,14-15,17H2,2-3H3/t19-,20-,26-,27-,33?/m0/s1. The molecule has 172 valence electrons. The molecule has 0 amide bonds. The van der Waals surface area contributed by atoms with Crippen molar-refractivity contribution in [2.45, 2.75) is 36.7 Å². The van der Waals surface area contributed by atoms with Crippen LogP contribution in [0.5, 0.6) is 5.75 Å². The second-order valence-electron chi connectivity index (χ2n) is 9.21. The Labute approximate surface area is 198 Å². The van der Waals surface area contributed by atoms with E-state index in [9.17, 15) is 4.21 Å². The van der Waals surface area contributed by atoms with Crippen molar-refractivity contribution in [2.75, 3.05) is 20.2 Å². The van der Waals surface area contributed by atoms with Crippen LogP contribution in [-0.2, 0) is 11.0 Å². The molecular weight excluding hydrogens is 430 g/mol. The van der Waals surface area contributed by atoms with E-state index < -0.39 is 11.0 Å². The van der Waals surface area contributed by atoms with Gasteiger partial charge in [-0.25, -0.2) is 8.93 Å². The van der Waals surface area contributed by atoms with Gasteiger partial charge < -0.3 is 4.74 Å². The van der Waals surface area contributed by atoms with Crippen molar-refractivity contribution in [3.05, 3.63) is 78.5 Å². The highest BCUT2D eigenvalue weighted by atomic mass is 32.2. The van der Waals surface area contributed by atoms with Crippen molar-refractivity contribution >= 4 is 21.9 Å². The first kappa shape index (κ1) is 22.3. The van der Waals surface area contributed by atoms with Gasteiger partial charge in [0.2, 0.25) is 0 Å². The van der Waals surface area contributed by atoms with Crippen LogP contribution >= 0.6 is 0 Å². The van der Waals surface area contributed by atoms with Crippen LogP contribution in [0.1, 0.15) is 30.0 Å². The summed E-state index contributed by atoms with van der Waals surface area (Å²) in [7, 11) is 0.346. The number of piperidine rings is 3. The fraction of sp³-hybridized carbons (Fsp3) is 0.370. The summed E-state index contributed by atoms with van der Waals surface area (Å²) < 4.78 is 22.5. The van der Waals surface area contributed by atoms with Crippen molar-refractivity contribution in [3.8, 4) is 5.75 Å². The van der Waals surface area contributed by atoms with Crippen molar-refractivity contribution < 1.29 is 8.95 Å². The lowest BCUT2D eigenvalue weighted by atomic mass is 9.73. The van der Waals surface area contributed by atoms with E-state index in [0.29, 0.717) is 11.8 Å². The molecule has 3 aliphatic rings. The Bertz CT molecular complexity index is 1180. The molecule has 33 heavy (non-hydrogen) atoms. The number of hydrogen-bond donors (Lipinski definition) is 1. The lowest BCUT2D eigenvalue weighted by Gasteiger charge is -2.51. The van der Waals surface area contributed by atoms with Gasteiger partial charge in [0, 0.05) is 24.2 Å². The van der Waals surface area contributed by atoms with Crippen molar-refractivity contribution in [3.63, 3.8) is 0 Å². The third-order valence-corrected chi connectivity index (χ3v) is 8.49. The summed E-state index contributed by atoms with van der Waals surface area (Å²) in [6, 6.07) is 16.1. The Kier molecular flexibility index (Phi) is 6.32. The number of fused-ring (bicyclic) bond motifs is 4. The molecule has 3 fully saturated rings. The maximum absolute atomic E-state index is 13.5. The minimum atomic E-state index is -1.34. The van der Waals surface area contributed by atoms with Crippen LogP contribution in [0, 0.1) is 18.8 Å². The summed E-state index contributed by atoms with van der Waals surface area (Å²) in [4.78, 5) is 7.93. The summed E-state index contributed by atoms with van der Waals surface area (Å²) in [6.07, 6.45) is 6.24. The Morgan fingerprint density at radius 2 is 2.06 bits per heavy atom. The average molecular weight is 462 g/mol. The number of ether oxygens (including phenoxy) is 1. The van der Waals surface area contributed by atoms with Crippen molar-refractivity contribution in [2.24, 2.45) is 11.8 Å². The summed E-state index contributed by atoms with van der Waals surface area (Å²) in [5, 5.41) is 1.04. The van der Waals surface area contributed by atoms with Crippen molar-refractivity contribution in [1.82, 2.24) is 14.6 Å². The van der Waals surface area contributed by atoms with Crippen LogP contribution in [0.3, 0.4) is 0 Å². The zero-order valence-electron chi connectivity index (χ0n) is 19.2. The van der Waals surface area contributed by atoms with E-state index in [1.54, 1.807) is 7.11 Å². The SMILES string of the molecule is C=C[C@H]1CN2CC[C@H]1C[C@H]2[C@@H](NS(=O)c1ccc(C)cc1)c1ccnc2ccc(OC)cc12. The number of pyridine rings is 1. The highest BCUT2D eigenvalue weighted by molar-refractivity contribution is 7.83. The zero-order valence-corrected chi connectivity index (χ0v) is 20.1. The van der Waals surface area contributed by atoms with Gasteiger partial charge in [0.1, 0.15) is 16.7 Å². The second kappa shape index (κ2) is 9.37. The zero-order chi connectivity index (χ0) is 22.9. The number of benzene rings is 2. The predicted molar refractivity (Wildman–Crippen MR) is 134 cm³/mol. The van der Waals surface area contributed by atoms with Crippen LogP contribution in [0.25, 0.3) is 10.9 Å². The number of hydrogen-bond acceptors (Lipinski definition) is 4. The number of rotatable bonds is 7. The molecule has 1 aromatic heterocycles. The molecule has 4 heterocycles. The number of methoxy groups -OCH3 is 1. The Morgan fingerprint density at radius 1 is 1.24 bits per heavy atom. The summed E-state index contributed by atoms with van der Waals surface area (Å²) in [6.45, 7) is 8.20. The fourth-order valence-corrected chi connectivity index (χ4v) is 6.50. The molecule has 0 spiro atoms. The molecule has 2 bridgehead atoms. The lowest BCUT2D eigenvalue weighted by molar-refractivity contribution is 0.00511. The summed E-state index contributed by atoms with van der Waals surface area (Å²) in [5.41, 5.74) is 3.19. The van der Waals surface area contributed by atoms with Crippen LogP contribution < -0.4 is 9.46 Å². The third-order valence-electron chi connectivity index (χ3n) is 7.33. The van der Waals surface area contributed by atoms with Gasteiger partial charge in [-0.05, 0) is 80.1 Å². The first-order chi connectivity index (χ1) is 16.1. The molecule has 0 saturated carbocycles. The molecule has 0 aliphatic carbocycles. The fourth-order valence-electron chi connectivity index (χ4n) is 5.46. The van der Waals surface area contributed by atoms with E-state index in [1.807, 2.05) is 55.6 Å². The van der Waals surface area contributed by atoms with Gasteiger partial charge in [-0.2, -0.15) is 0 Å². The second-order valence-corrected chi connectivity index (χ2v) is 10.5. The largest absolute Gasteiger partial charge is 0.497 e. The molecule has 2 unspecified atom stereocenters. The highest BCUT2D eigenvalue weighted by Crippen LogP contribution is 2.42. The average Bonchev–Trinajstić information content (AvgIpc) is 2.87. The molecule has 0 radical (unpaired) electrons. The van der Waals surface area contributed by atoms with Crippen LogP contribution in [0.2, 0.25) is 0 Å². The number of aryl methyl sites for hydroxylation is 1. The van der Waals surface area contributed by atoms with Gasteiger partial charge in [-0.15, -0.1) is 6.58 Å². The van der Waals surface area contributed by atoms with Gasteiger partial charge in [-0.3, -0.25) is 9.88 Å². The molecule has 3 aliphatic heterocycles. The monoisotopic (exact) mass is 461 g/mol. The Morgan fingerprint density at radius 3 is 2.76 bits per heavy atom. The van der Waals surface area contributed by atoms with Crippen LogP contribution in [-0.4, -0.2) is 40.3 Å². The van der Waals surface area contributed by atoms with E-state index in [0.717, 1.165) is 52.2 Å². The van der Waals surface area contributed by atoms with Gasteiger partial charge in [0.05, 0.1) is 23.6 Å². The van der Waals surface area contributed by atoms with Gasteiger partial charge in [-0.1, -0.05) is 23.8 Å². The first-order valence-corrected chi connectivity index (χ1v) is 12.8. The normalized spacial score (nSPS) is 26.1. The Hall–Kier alpha value is -2.54. The lowest BCUT2D eigenvalue weighted by Crippen LogP contribution is -2.57. The minimum absolute atomic E-state index is 0.0988. The number of nitrogens with zero attached hydrogens (tertiary/aromatic N) is 2. The highest BCUT2D eigenvalue weighted by Gasteiger charge is 2.43. The van der Waals surface area contributed by atoms with E-state index >= 15 is 0 Å². The molecule has 6 atom stereocenters. The molecule has 5 nitrogen and oxygen atoms in total. The van der Waals surface area contributed by atoms with Crippen LogP contribution in [0.15, 0.2) is 72.3 Å². The van der Waals surface area contributed by atoms with Gasteiger partial charge >= 0.3 is 0 Å². The smallest absolute Gasteiger partial charge is 0.125 e. The maximum Gasteiger partial charge on any atom is 0.125 e. The van der Waals surface area contributed by atoms with Gasteiger partial charge in [0.25, 0.3) is 0 Å². The van der Waals surface area contributed by atoms with E-state index in [4.69, 9.17) is 4.74 Å². The molecular formula is C27H31N3O2S. The first-order valence-electron chi connectivity index (χ1n) is 11.6. The quantitative estimate of drug-likeness (QED) is 0.514. The summed E-state index contributed by atoms with van der Waals surface area (Å²) in [5.74, 6) is 1.96. The number of nitrogens with one attached hydrogen (secondary N) is 1. The van der Waals surface area contributed by atoms with E-state index in [1.165, 1.54) is 6.42 Å². The van der Waals surface area contributed by atoms with Crippen molar-refractivity contribution in [1.29, 1.82) is 0 Å². The minimum Gasteiger partial charge on any atom is -0.497 e. The van der Waals surface area contributed by atoms with E-state index in [-0.39, 0.29) is 12.1 Å². The molecule has 1 N–H and O–H groups in total. The molecule has 3 saturated heterocycles. The molecule has 6 rings (SSSR count). The summed E-state index contributed by atoms with van der Waals surface area (Å²) >= 11 is 0. The topological polar surface area (TPSA) is 54.5 Å². The number of aromatic nitrogens is 1.